The highest BCUT2D eigenvalue weighted by Gasteiger charge is 2.68. The second-order valence-electron chi connectivity index (χ2n) is 10.1. The lowest BCUT2D eigenvalue weighted by molar-refractivity contribution is -0.241. The molecule has 46 heavy (non-hydrogen) atoms. The van der Waals surface area contributed by atoms with Crippen molar-refractivity contribution in [2.24, 2.45) is 0 Å². The quantitative estimate of drug-likeness (QED) is 0.136. The van der Waals surface area contributed by atoms with Crippen LogP contribution in [0, 0.1) is 0 Å². The molecule has 0 unspecified atom stereocenters. The number of sulfonamides is 1. The number of halogens is 7. The molecule has 3 aromatic carbocycles. The Bertz CT molecular complexity index is 1930. The summed E-state index contributed by atoms with van der Waals surface area (Å²) in [6.45, 7) is 1.89. The molecular formula is C29H24Cl2F5N7O2S. The van der Waals surface area contributed by atoms with Gasteiger partial charge in [0.1, 0.15) is 11.5 Å². The summed E-state index contributed by atoms with van der Waals surface area (Å²) in [5, 5.41) is 12.3. The minimum Gasteiger partial charge on any atom is -0.262 e. The lowest BCUT2D eigenvalue weighted by Crippen LogP contribution is -2.47. The number of nitrogens with zero attached hydrogens (tertiary/aromatic N) is 5. The fraction of sp³-hybridized carbons (Fsp3) is 0.241. The number of hydrogen-bond donors (Lipinski definition) is 2. The Morgan fingerprint density at radius 3 is 2.15 bits per heavy atom. The molecule has 242 valence electrons. The van der Waals surface area contributed by atoms with Crippen molar-refractivity contribution in [1.29, 1.82) is 0 Å². The van der Waals surface area contributed by atoms with Crippen molar-refractivity contribution in [3.63, 3.8) is 0 Å². The van der Waals surface area contributed by atoms with E-state index in [1.807, 2.05) is 31.2 Å². The largest absolute Gasteiger partial charge is 0.471 e. The maximum atomic E-state index is 14.3. The second kappa shape index (κ2) is 13.0. The average Bonchev–Trinajstić information content (AvgIpc) is 3.65. The van der Waals surface area contributed by atoms with E-state index in [4.69, 9.17) is 23.2 Å². The number of anilines is 1. The number of nitrogens with one attached hydrogen (secondary N) is 2. The summed E-state index contributed by atoms with van der Waals surface area (Å²) in [5.74, 6) is -0.268. The van der Waals surface area contributed by atoms with Crippen molar-refractivity contribution in [1.82, 2.24) is 30.4 Å². The van der Waals surface area contributed by atoms with Gasteiger partial charge in [0.25, 0.3) is 0 Å². The maximum absolute atomic E-state index is 14.3. The Kier molecular flexibility index (Phi) is 9.38. The maximum Gasteiger partial charge on any atom is 0.471 e. The van der Waals surface area contributed by atoms with Crippen LogP contribution in [0.3, 0.4) is 0 Å². The number of aromatic nitrogens is 6. The Labute approximate surface area is 269 Å². The van der Waals surface area contributed by atoms with Gasteiger partial charge in [-0.2, -0.15) is 40.7 Å². The zero-order valence-corrected chi connectivity index (χ0v) is 26.1. The van der Waals surface area contributed by atoms with E-state index >= 15 is 0 Å². The molecular weight excluding hydrogens is 676 g/mol. The van der Waals surface area contributed by atoms with Crippen LogP contribution in [0.15, 0.2) is 66.7 Å². The third kappa shape index (κ3) is 6.44. The zero-order valence-electron chi connectivity index (χ0n) is 23.8. The summed E-state index contributed by atoms with van der Waals surface area (Å²) in [6.07, 6.45) is -5.01. The number of hydrogen-bond acceptors (Lipinski definition) is 6. The fourth-order valence-corrected chi connectivity index (χ4v) is 6.19. The van der Waals surface area contributed by atoms with Gasteiger partial charge in [0.2, 0.25) is 5.82 Å². The molecule has 0 aliphatic heterocycles. The monoisotopic (exact) mass is 699 g/mol. The lowest BCUT2D eigenvalue weighted by Gasteiger charge is -2.21. The summed E-state index contributed by atoms with van der Waals surface area (Å²) in [6, 6.07) is 18.6. The highest BCUT2D eigenvalue weighted by molar-refractivity contribution is 7.93. The number of alkyl halides is 5. The minimum atomic E-state index is -6.40. The highest BCUT2D eigenvalue weighted by Crippen LogP contribution is 2.42. The topological polar surface area (TPSA) is 118 Å². The molecule has 0 amide bonds. The smallest absolute Gasteiger partial charge is 0.262 e. The number of unbranched alkanes of at least 4 members (excludes halogenated alkanes) is 1. The molecule has 2 N–H and O–H groups in total. The number of para-hydroxylation sites is 1. The third-order valence-corrected chi connectivity index (χ3v) is 9.02. The molecule has 5 aromatic rings. The molecule has 9 nitrogen and oxygen atoms in total. The molecule has 0 spiro atoms. The van der Waals surface area contributed by atoms with Crippen LogP contribution in [0.2, 0.25) is 10.0 Å². The van der Waals surface area contributed by atoms with Gasteiger partial charge in [-0.25, -0.2) is 4.68 Å². The number of H-pyrrole nitrogens is 1. The zero-order chi connectivity index (χ0) is 33.3. The Balaban J connectivity index is 1.63. The number of aryl methyl sites for hydroxylation is 1. The molecule has 0 aliphatic rings. The van der Waals surface area contributed by atoms with Crippen molar-refractivity contribution < 1.29 is 30.4 Å². The summed E-state index contributed by atoms with van der Waals surface area (Å²) in [4.78, 5) is 0. The summed E-state index contributed by atoms with van der Waals surface area (Å²) in [7, 11) is -6.39. The summed E-state index contributed by atoms with van der Waals surface area (Å²) < 4.78 is 96.1. The molecule has 17 heteroatoms. The van der Waals surface area contributed by atoms with E-state index in [1.165, 1.54) is 22.9 Å². The predicted molar refractivity (Wildman–Crippen MR) is 164 cm³/mol. The molecule has 0 saturated heterocycles. The molecule has 2 heterocycles. The van der Waals surface area contributed by atoms with Gasteiger partial charge < -0.3 is 0 Å². The Morgan fingerprint density at radius 1 is 0.913 bits per heavy atom. The standard InChI is InChI=1S/C29H24Cl2F5N7O2S/c1-2-3-11-24-21(16-17-12-14-18(15-13-17)19-7-4-5-8-20(19)26-37-41-42-38-26)27(40-46(44,45)29(35,36)28(32,33)34)43(39-24)25-22(30)9-6-10-23(25)31/h4-10,12-15,40H,2-3,11,16H2,1H3,(H,37,38,41,42). The third-order valence-electron chi connectivity index (χ3n) is 7.04. The molecule has 0 saturated carbocycles. The molecule has 0 fully saturated rings. The van der Waals surface area contributed by atoms with Gasteiger partial charge in [-0.1, -0.05) is 91.1 Å². The normalized spacial score (nSPS) is 12.4. The summed E-state index contributed by atoms with van der Waals surface area (Å²) in [5.41, 5.74) is 3.06. The number of tetrazole rings is 1. The van der Waals surface area contributed by atoms with Crippen LogP contribution in [-0.2, 0) is 22.9 Å². The first-order valence-electron chi connectivity index (χ1n) is 13.7. The molecule has 0 atom stereocenters. The average molecular weight is 701 g/mol. The molecule has 0 radical (unpaired) electrons. The van der Waals surface area contributed by atoms with Crippen molar-refractivity contribution in [3.05, 3.63) is 93.6 Å². The highest BCUT2D eigenvalue weighted by atomic mass is 35.5. The van der Waals surface area contributed by atoms with Crippen LogP contribution in [0.25, 0.3) is 28.2 Å². The van der Waals surface area contributed by atoms with E-state index in [1.54, 1.807) is 24.3 Å². The van der Waals surface area contributed by atoms with Gasteiger partial charge in [0.05, 0.1) is 15.7 Å². The number of aromatic amines is 1. The van der Waals surface area contributed by atoms with Crippen LogP contribution < -0.4 is 4.72 Å². The number of benzene rings is 3. The van der Waals surface area contributed by atoms with Gasteiger partial charge >= 0.3 is 21.5 Å². The van der Waals surface area contributed by atoms with Crippen LogP contribution in [0.1, 0.15) is 36.6 Å². The van der Waals surface area contributed by atoms with E-state index in [0.29, 0.717) is 29.8 Å². The van der Waals surface area contributed by atoms with E-state index < -0.39 is 27.3 Å². The molecule has 0 aliphatic carbocycles. The molecule has 0 bridgehead atoms. The van der Waals surface area contributed by atoms with Gasteiger partial charge in [0.15, 0.2) is 0 Å². The fourth-order valence-electron chi connectivity index (χ4n) is 4.74. The van der Waals surface area contributed by atoms with Crippen molar-refractivity contribution in [2.75, 3.05) is 4.72 Å². The first-order valence-corrected chi connectivity index (χ1v) is 15.9. The van der Waals surface area contributed by atoms with Gasteiger partial charge in [-0.15, -0.1) is 10.2 Å². The van der Waals surface area contributed by atoms with Crippen molar-refractivity contribution >= 4 is 39.0 Å². The van der Waals surface area contributed by atoms with Gasteiger partial charge in [0, 0.05) is 17.5 Å². The molecule has 2 aromatic heterocycles. The van der Waals surface area contributed by atoms with E-state index in [0.717, 1.165) is 15.8 Å². The summed E-state index contributed by atoms with van der Waals surface area (Å²) >= 11 is 12.7. The molecule has 5 rings (SSSR count). The van der Waals surface area contributed by atoms with Gasteiger partial charge in [-0.05, 0) is 46.9 Å². The van der Waals surface area contributed by atoms with Gasteiger partial charge in [-0.3, -0.25) is 4.72 Å². The van der Waals surface area contributed by atoms with E-state index in [9.17, 15) is 30.4 Å². The lowest BCUT2D eigenvalue weighted by atomic mass is 9.96. The van der Waals surface area contributed by atoms with Crippen LogP contribution in [0.5, 0.6) is 0 Å². The first-order chi connectivity index (χ1) is 21.7. The van der Waals surface area contributed by atoms with Crippen LogP contribution in [0.4, 0.5) is 27.8 Å². The first kappa shape index (κ1) is 33.3. The van der Waals surface area contributed by atoms with Crippen molar-refractivity contribution in [3.8, 4) is 28.2 Å². The minimum absolute atomic E-state index is 0.0451. The predicted octanol–water partition coefficient (Wildman–Crippen LogP) is 7.86. The van der Waals surface area contributed by atoms with E-state index in [-0.39, 0.29) is 39.8 Å². The Morgan fingerprint density at radius 2 is 1.57 bits per heavy atom. The number of rotatable bonds is 11. The SMILES string of the molecule is CCCCc1nn(-c2c(Cl)cccc2Cl)c(NS(=O)(=O)C(F)(F)C(F)(F)F)c1Cc1ccc(-c2ccccc2-c2nn[nH]n2)cc1. The van der Waals surface area contributed by atoms with E-state index in [2.05, 4.69) is 25.7 Å². The van der Waals surface area contributed by atoms with Crippen LogP contribution >= 0.6 is 23.2 Å². The van der Waals surface area contributed by atoms with Crippen LogP contribution in [-0.4, -0.2) is 50.3 Å². The Hall–Kier alpha value is -4.08. The van der Waals surface area contributed by atoms with Crippen molar-refractivity contribution in [2.45, 2.75) is 44.0 Å². The second-order valence-corrected chi connectivity index (χ2v) is 12.7.